The predicted molar refractivity (Wildman–Crippen MR) is 289 cm³/mol. The topological polar surface area (TPSA) is 155 Å². The minimum absolute atomic E-state index is 0.152. The zero-order chi connectivity index (χ0) is 51.3. The zero-order valence-corrected chi connectivity index (χ0v) is 46.1. The molecule has 0 aliphatic heterocycles. The number of ether oxygens (including phenoxy) is 3. The molecular formula is C58H107O11P. The van der Waals surface area contributed by atoms with Gasteiger partial charge in [-0.3, -0.25) is 23.4 Å². The summed E-state index contributed by atoms with van der Waals surface area (Å²) in [5.74, 6) is -1.46. The van der Waals surface area contributed by atoms with Crippen LogP contribution < -0.4 is 0 Å². The van der Waals surface area contributed by atoms with Crippen LogP contribution in [0.4, 0.5) is 0 Å². The minimum atomic E-state index is -4.74. The molecule has 11 nitrogen and oxygen atoms in total. The lowest BCUT2D eigenvalue weighted by molar-refractivity contribution is -0.161. The third kappa shape index (κ3) is 50.6. The lowest BCUT2D eigenvalue weighted by Crippen LogP contribution is -2.30. The second-order valence-corrected chi connectivity index (χ2v) is 20.9. The largest absolute Gasteiger partial charge is 0.472 e. The molecule has 0 aromatic carbocycles. The summed E-state index contributed by atoms with van der Waals surface area (Å²) in [4.78, 5) is 48.5. The average Bonchev–Trinajstić information content (AvgIpc) is 3.35. The quantitative estimate of drug-likeness (QED) is 0.0197. The van der Waals surface area contributed by atoms with E-state index in [2.05, 4.69) is 57.2 Å². The summed E-state index contributed by atoms with van der Waals surface area (Å²) in [5, 5.41) is 9.79. The van der Waals surface area contributed by atoms with Crippen molar-refractivity contribution in [2.24, 2.45) is 0 Å². The fraction of sp³-hybridized carbons (Fsp3) is 0.845. The molecule has 0 bridgehead atoms. The molecule has 3 unspecified atom stereocenters. The van der Waals surface area contributed by atoms with Crippen molar-refractivity contribution in [3.63, 3.8) is 0 Å². The Morgan fingerprint density at radius 2 is 0.743 bits per heavy atom. The molecule has 0 saturated carbocycles. The van der Waals surface area contributed by atoms with Gasteiger partial charge in [-0.05, 0) is 51.4 Å². The number of carbonyl (C=O) groups excluding carboxylic acids is 3. The number of hydrogen-bond acceptors (Lipinski definition) is 10. The summed E-state index contributed by atoms with van der Waals surface area (Å²) in [6.45, 7) is 4.54. The van der Waals surface area contributed by atoms with Gasteiger partial charge in [-0.25, -0.2) is 4.57 Å². The standard InChI is InChI=1S/C58H107O11P/c1-4-7-10-13-16-19-22-24-26-27-29-30-33-35-38-41-44-47-56(60)65-51-55(69-58(62)49-46-43-40-37-34-31-28-25-23-20-17-14-11-8-5-2)53-67-70(63,64)66-52-54(50-59)68-57(61)48-45-42-39-36-32-21-18-15-12-9-6-3/h8,11,17,20,25,28,54-55,59H,4-7,9-10,12-16,18-19,21-24,26-27,29-53H2,1-3H3,(H,63,64)/b11-8-,20-17-,28-25-. The first-order chi connectivity index (χ1) is 34.2. The fourth-order valence-electron chi connectivity index (χ4n) is 8.20. The van der Waals surface area contributed by atoms with Crippen molar-refractivity contribution in [2.45, 2.75) is 290 Å². The van der Waals surface area contributed by atoms with Crippen molar-refractivity contribution in [3.05, 3.63) is 36.5 Å². The van der Waals surface area contributed by atoms with Gasteiger partial charge in [0, 0.05) is 19.3 Å². The highest BCUT2D eigenvalue weighted by atomic mass is 31.2. The van der Waals surface area contributed by atoms with Crippen molar-refractivity contribution in [1.82, 2.24) is 0 Å². The van der Waals surface area contributed by atoms with Crippen LogP contribution in [0.25, 0.3) is 0 Å². The van der Waals surface area contributed by atoms with Gasteiger partial charge in [-0.15, -0.1) is 0 Å². The van der Waals surface area contributed by atoms with Crippen molar-refractivity contribution < 1.29 is 52.2 Å². The van der Waals surface area contributed by atoms with E-state index in [9.17, 15) is 28.9 Å². The molecule has 0 aromatic rings. The fourth-order valence-corrected chi connectivity index (χ4v) is 8.98. The molecule has 3 atom stereocenters. The van der Waals surface area contributed by atoms with Crippen LogP contribution in [0.1, 0.15) is 278 Å². The number of hydrogen-bond donors (Lipinski definition) is 2. The van der Waals surface area contributed by atoms with Crippen LogP contribution in [-0.4, -0.2) is 66.5 Å². The molecule has 0 heterocycles. The van der Waals surface area contributed by atoms with Crippen molar-refractivity contribution >= 4 is 25.7 Å². The minimum Gasteiger partial charge on any atom is -0.462 e. The van der Waals surface area contributed by atoms with Crippen LogP contribution in [0.5, 0.6) is 0 Å². The monoisotopic (exact) mass is 1010 g/mol. The number of aliphatic hydroxyl groups excluding tert-OH is 1. The number of phosphoric ester groups is 1. The first-order valence-electron chi connectivity index (χ1n) is 28.9. The molecule has 0 rings (SSSR count). The molecule has 0 spiro atoms. The van der Waals surface area contributed by atoms with Crippen molar-refractivity contribution in [2.75, 3.05) is 26.4 Å². The Morgan fingerprint density at radius 3 is 1.14 bits per heavy atom. The van der Waals surface area contributed by atoms with Crippen LogP contribution in [-0.2, 0) is 42.2 Å². The second-order valence-electron chi connectivity index (χ2n) is 19.4. The van der Waals surface area contributed by atoms with E-state index in [0.29, 0.717) is 19.3 Å². The van der Waals surface area contributed by atoms with Crippen molar-refractivity contribution in [1.29, 1.82) is 0 Å². The SMILES string of the molecule is CC/C=C\C/C=C\C/C=C\CCCCCCCC(=O)OC(COC(=O)CCCCCCCCCCCCCCCCCCC)COP(=O)(O)OCC(CO)OC(=O)CCCCCCCCCCCCC. The van der Waals surface area contributed by atoms with E-state index >= 15 is 0 Å². The van der Waals surface area contributed by atoms with E-state index in [1.165, 1.54) is 128 Å². The smallest absolute Gasteiger partial charge is 0.462 e. The van der Waals surface area contributed by atoms with Gasteiger partial charge >= 0.3 is 25.7 Å². The summed E-state index contributed by atoms with van der Waals surface area (Å²) in [6.07, 6.45) is 53.9. The third-order valence-electron chi connectivity index (χ3n) is 12.6. The number of allylic oxidation sites excluding steroid dienone is 6. The Morgan fingerprint density at radius 1 is 0.414 bits per heavy atom. The van der Waals surface area contributed by atoms with E-state index < -0.39 is 57.8 Å². The van der Waals surface area contributed by atoms with E-state index in [4.69, 9.17) is 23.3 Å². The molecule has 0 aliphatic carbocycles. The lowest BCUT2D eigenvalue weighted by Gasteiger charge is -2.21. The molecule has 70 heavy (non-hydrogen) atoms. The van der Waals surface area contributed by atoms with E-state index in [1.54, 1.807) is 0 Å². The lowest BCUT2D eigenvalue weighted by atomic mass is 10.0. The van der Waals surface area contributed by atoms with E-state index in [1.807, 2.05) is 0 Å². The van der Waals surface area contributed by atoms with Crippen LogP contribution in [0, 0.1) is 0 Å². The van der Waals surface area contributed by atoms with Crippen LogP contribution in [0.3, 0.4) is 0 Å². The Hall–Kier alpha value is -2.30. The summed E-state index contributed by atoms with van der Waals surface area (Å²) in [5.41, 5.74) is 0. The molecule has 0 aliphatic rings. The van der Waals surface area contributed by atoms with E-state index in [-0.39, 0.29) is 25.9 Å². The van der Waals surface area contributed by atoms with E-state index in [0.717, 1.165) is 89.9 Å². The Labute approximate surface area is 429 Å². The molecule has 0 aromatic heterocycles. The normalized spacial score (nSPS) is 13.6. The summed E-state index contributed by atoms with van der Waals surface area (Å²) in [6, 6.07) is 0. The Balaban J connectivity index is 4.71. The van der Waals surface area contributed by atoms with Gasteiger partial charge < -0.3 is 24.2 Å². The number of carbonyl (C=O) groups is 3. The molecule has 0 saturated heterocycles. The molecule has 12 heteroatoms. The highest BCUT2D eigenvalue weighted by molar-refractivity contribution is 7.47. The zero-order valence-electron chi connectivity index (χ0n) is 45.2. The Kier molecular flexibility index (Phi) is 51.3. The van der Waals surface area contributed by atoms with Gasteiger partial charge in [0.05, 0.1) is 19.8 Å². The van der Waals surface area contributed by atoms with Gasteiger partial charge in [0.2, 0.25) is 0 Å². The molecule has 0 radical (unpaired) electrons. The maximum Gasteiger partial charge on any atom is 0.472 e. The first kappa shape index (κ1) is 67.7. The first-order valence-corrected chi connectivity index (χ1v) is 30.4. The Bertz CT molecular complexity index is 1320. The molecular weight excluding hydrogens is 904 g/mol. The average molecular weight is 1010 g/mol. The van der Waals surface area contributed by atoms with Gasteiger partial charge in [-0.2, -0.15) is 0 Å². The van der Waals surface area contributed by atoms with Crippen molar-refractivity contribution in [3.8, 4) is 0 Å². The number of aliphatic hydroxyl groups is 1. The van der Waals surface area contributed by atoms with Gasteiger partial charge in [0.15, 0.2) is 6.10 Å². The molecule has 0 fully saturated rings. The van der Waals surface area contributed by atoms with Gasteiger partial charge in [0.25, 0.3) is 0 Å². The van der Waals surface area contributed by atoms with Gasteiger partial charge in [-0.1, -0.05) is 243 Å². The third-order valence-corrected chi connectivity index (χ3v) is 13.5. The number of rotatable bonds is 54. The summed E-state index contributed by atoms with van der Waals surface area (Å²) in [7, 11) is -4.74. The summed E-state index contributed by atoms with van der Waals surface area (Å²) >= 11 is 0. The summed E-state index contributed by atoms with van der Waals surface area (Å²) < 4.78 is 39.5. The molecule has 2 N–H and O–H groups in total. The molecule has 410 valence electrons. The maximum atomic E-state index is 12.9. The highest BCUT2D eigenvalue weighted by Crippen LogP contribution is 2.43. The number of phosphoric acid groups is 1. The van der Waals surface area contributed by atoms with Crippen LogP contribution in [0.15, 0.2) is 36.5 Å². The predicted octanol–water partition coefficient (Wildman–Crippen LogP) is 16.8. The number of unbranched alkanes of at least 4 members (excludes halogenated alkanes) is 31. The maximum absolute atomic E-state index is 12.9. The number of esters is 3. The second kappa shape index (κ2) is 53.0. The highest BCUT2D eigenvalue weighted by Gasteiger charge is 2.28. The van der Waals surface area contributed by atoms with Crippen LogP contribution in [0.2, 0.25) is 0 Å². The van der Waals surface area contributed by atoms with Crippen LogP contribution >= 0.6 is 7.82 Å². The molecule has 0 amide bonds. The van der Waals surface area contributed by atoms with Gasteiger partial charge in [0.1, 0.15) is 12.7 Å².